The lowest BCUT2D eigenvalue weighted by Gasteiger charge is -2.07. The fourth-order valence-corrected chi connectivity index (χ4v) is 2.33. The third-order valence-electron chi connectivity index (χ3n) is 3.70. The Morgan fingerprint density at radius 1 is 0.923 bits per heavy atom. The van der Waals surface area contributed by atoms with Gasteiger partial charge < -0.3 is 10.6 Å². The van der Waals surface area contributed by atoms with Gasteiger partial charge in [-0.2, -0.15) is 0 Å². The molecular formula is C20H18N4O2. The van der Waals surface area contributed by atoms with Crippen LogP contribution in [0.4, 0.5) is 5.69 Å². The maximum absolute atomic E-state index is 12.3. The first kappa shape index (κ1) is 17.3. The fraction of sp³-hybridized carbons (Fsp3) is 0.100. The van der Waals surface area contributed by atoms with Crippen molar-refractivity contribution in [1.29, 1.82) is 0 Å². The molecule has 0 fully saturated rings. The molecule has 26 heavy (non-hydrogen) atoms. The van der Waals surface area contributed by atoms with Crippen molar-refractivity contribution in [3.05, 3.63) is 78.1 Å². The zero-order valence-corrected chi connectivity index (χ0v) is 14.3. The van der Waals surface area contributed by atoms with E-state index in [1.165, 1.54) is 6.92 Å². The smallest absolute Gasteiger partial charge is 0.255 e. The molecule has 3 aromatic rings. The van der Waals surface area contributed by atoms with Gasteiger partial charge in [-0.3, -0.25) is 9.59 Å². The summed E-state index contributed by atoms with van der Waals surface area (Å²) in [5, 5.41) is 5.49. The highest BCUT2D eigenvalue weighted by molar-refractivity contribution is 6.04. The number of rotatable bonds is 5. The fourth-order valence-electron chi connectivity index (χ4n) is 2.33. The highest BCUT2D eigenvalue weighted by Crippen LogP contribution is 2.15. The van der Waals surface area contributed by atoms with E-state index in [9.17, 15) is 9.59 Å². The van der Waals surface area contributed by atoms with E-state index in [1.807, 2.05) is 30.3 Å². The molecule has 0 spiro atoms. The number of carbonyl (C=O) groups excluding carboxylic acids is 2. The molecule has 3 rings (SSSR count). The molecule has 0 atom stereocenters. The van der Waals surface area contributed by atoms with E-state index in [-0.39, 0.29) is 11.8 Å². The Labute approximate surface area is 151 Å². The lowest BCUT2D eigenvalue weighted by atomic mass is 10.1. The van der Waals surface area contributed by atoms with Crippen LogP contribution in [0, 0.1) is 0 Å². The SMILES string of the molecule is CC(=O)NCc1ccc(C(=O)Nc2cnc(-c3ccccc3)nc2)cc1. The normalized spacial score (nSPS) is 10.2. The van der Waals surface area contributed by atoms with Crippen LogP contribution in [-0.2, 0) is 11.3 Å². The van der Waals surface area contributed by atoms with Gasteiger partial charge in [0.1, 0.15) is 0 Å². The molecule has 0 radical (unpaired) electrons. The van der Waals surface area contributed by atoms with Gasteiger partial charge in [0.15, 0.2) is 5.82 Å². The summed E-state index contributed by atoms with van der Waals surface area (Å²) >= 11 is 0. The second-order valence-electron chi connectivity index (χ2n) is 5.72. The van der Waals surface area contributed by atoms with Crippen LogP contribution in [-0.4, -0.2) is 21.8 Å². The average Bonchev–Trinajstić information content (AvgIpc) is 2.68. The van der Waals surface area contributed by atoms with E-state index in [0.717, 1.165) is 11.1 Å². The summed E-state index contributed by atoms with van der Waals surface area (Å²) in [5.41, 5.74) is 2.88. The van der Waals surface area contributed by atoms with Crippen LogP contribution in [0.5, 0.6) is 0 Å². The Hall–Kier alpha value is -3.54. The molecular weight excluding hydrogens is 328 g/mol. The van der Waals surface area contributed by atoms with E-state index in [1.54, 1.807) is 36.7 Å². The zero-order valence-electron chi connectivity index (χ0n) is 14.3. The van der Waals surface area contributed by atoms with Gasteiger partial charge in [-0.05, 0) is 17.7 Å². The molecule has 0 aliphatic carbocycles. The number of nitrogens with zero attached hydrogens (tertiary/aromatic N) is 2. The van der Waals surface area contributed by atoms with Crippen molar-refractivity contribution in [2.45, 2.75) is 13.5 Å². The number of carbonyl (C=O) groups is 2. The monoisotopic (exact) mass is 346 g/mol. The molecule has 2 amide bonds. The second kappa shape index (κ2) is 8.02. The standard InChI is InChI=1S/C20H18N4O2/c1-14(25)21-11-15-7-9-17(10-8-15)20(26)24-18-12-22-19(23-13-18)16-5-3-2-4-6-16/h2-10,12-13H,11H2,1H3,(H,21,25)(H,24,26). The summed E-state index contributed by atoms with van der Waals surface area (Å²) in [5.74, 6) is 0.267. The van der Waals surface area contributed by atoms with Crippen molar-refractivity contribution in [3.63, 3.8) is 0 Å². The molecule has 1 heterocycles. The number of anilines is 1. The number of nitrogens with one attached hydrogen (secondary N) is 2. The Bertz CT molecular complexity index is 891. The Balaban J connectivity index is 1.63. The lowest BCUT2D eigenvalue weighted by Crippen LogP contribution is -2.19. The van der Waals surface area contributed by atoms with Gasteiger partial charge in [-0.1, -0.05) is 42.5 Å². The molecule has 2 aromatic carbocycles. The Morgan fingerprint density at radius 3 is 2.19 bits per heavy atom. The van der Waals surface area contributed by atoms with E-state index < -0.39 is 0 Å². The van der Waals surface area contributed by atoms with Gasteiger partial charge in [0.2, 0.25) is 5.91 Å². The van der Waals surface area contributed by atoms with Gasteiger partial charge in [-0.15, -0.1) is 0 Å². The molecule has 1 aromatic heterocycles. The maximum Gasteiger partial charge on any atom is 0.255 e. The number of amides is 2. The lowest BCUT2D eigenvalue weighted by molar-refractivity contribution is -0.119. The van der Waals surface area contributed by atoms with Crippen molar-refractivity contribution < 1.29 is 9.59 Å². The summed E-state index contributed by atoms with van der Waals surface area (Å²) in [6, 6.07) is 16.7. The van der Waals surface area contributed by atoms with Crippen molar-refractivity contribution in [2.24, 2.45) is 0 Å². The number of hydrogen-bond donors (Lipinski definition) is 2. The highest BCUT2D eigenvalue weighted by atomic mass is 16.2. The van der Waals surface area contributed by atoms with Crippen molar-refractivity contribution in [3.8, 4) is 11.4 Å². The minimum atomic E-state index is -0.243. The second-order valence-corrected chi connectivity index (χ2v) is 5.72. The third-order valence-corrected chi connectivity index (χ3v) is 3.70. The van der Waals surface area contributed by atoms with Gasteiger partial charge in [0, 0.05) is 24.6 Å². The summed E-state index contributed by atoms with van der Waals surface area (Å²) in [7, 11) is 0. The van der Waals surface area contributed by atoms with Crippen molar-refractivity contribution >= 4 is 17.5 Å². The van der Waals surface area contributed by atoms with E-state index >= 15 is 0 Å². The summed E-state index contributed by atoms with van der Waals surface area (Å²) in [4.78, 5) is 31.8. The predicted octanol–water partition coefficient (Wildman–Crippen LogP) is 3.03. The van der Waals surface area contributed by atoms with Crippen molar-refractivity contribution in [1.82, 2.24) is 15.3 Å². The molecule has 6 heteroatoms. The topological polar surface area (TPSA) is 84.0 Å². The third kappa shape index (κ3) is 4.51. The van der Waals surface area contributed by atoms with E-state index in [4.69, 9.17) is 0 Å². The molecule has 0 unspecified atom stereocenters. The minimum absolute atomic E-state index is 0.0919. The number of hydrogen-bond acceptors (Lipinski definition) is 4. The molecule has 130 valence electrons. The maximum atomic E-state index is 12.3. The minimum Gasteiger partial charge on any atom is -0.352 e. The first-order valence-corrected chi connectivity index (χ1v) is 8.14. The van der Waals surface area contributed by atoms with Gasteiger partial charge in [-0.25, -0.2) is 9.97 Å². The highest BCUT2D eigenvalue weighted by Gasteiger charge is 2.08. The van der Waals surface area contributed by atoms with E-state index in [2.05, 4.69) is 20.6 Å². The van der Waals surface area contributed by atoms with Crippen LogP contribution in [0.15, 0.2) is 67.0 Å². The average molecular weight is 346 g/mol. The predicted molar refractivity (Wildman–Crippen MR) is 99.4 cm³/mol. The molecule has 0 aliphatic rings. The molecule has 0 aliphatic heterocycles. The van der Waals surface area contributed by atoms with E-state index in [0.29, 0.717) is 23.6 Å². The van der Waals surface area contributed by atoms with Gasteiger partial charge >= 0.3 is 0 Å². The molecule has 6 nitrogen and oxygen atoms in total. The number of benzene rings is 2. The molecule has 0 saturated carbocycles. The first-order chi connectivity index (χ1) is 12.6. The Kier molecular flexibility index (Phi) is 5.34. The van der Waals surface area contributed by atoms with Crippen LogP contribution in [0.2, 0.25) is 0 Å². The largest absolute Gasteiger partial charge is 0.352 e. The molecule has 0 saturated heterocycles. The first-order valence-electron chi connectivity index (χ1n) is 8.14. The quantitative estimate of drug-likeness (QED) is 0.744. The Morgan fingerprint density at radius 2 is 1.58 bits per heavy atom. The van der Waals surface area contributed by atoms with Crippen LogP contribution in [0.3, 0.4) is 0 Å². The summed E-state index contributed by atoms with van der Waals surface area (Å²) in [6.07, 6.45) is 3.16. The zero-order chi connectivity index (χ0) is 18.4. The van der Waals surface area contributed by atoms with Crippen molar-refractivity contribution in [2.75, 3.05) is 5.32 Å². The summed E-state index contributed by atoms with van der Waals surface area (Å²) < 4.78 is 0. The molecule has 0 bridgehead atoms. The van der Waals surface area contributed by atoms with Crippen LogP contribution in [0.1, 0.15) is 22.8 Å². The number of aromatic nitrogens is 2. The van der Waals surface area contributed by atoms with Gasteiger partial charge in [0.25, 0.3) is 5.91 Å². The van der Waals surface area contributed by atoms with Crippen LogP contribution >= 0.6 is 0 Å². The van der Waals surface area contributed by atoms with Crippen LogP contribution < -0.4 is 10.6 Å². The van der Waals surface area contributed by atoms with Crippen LogP contribution in [0.25, 0.3) is 11.4 Å². The van der Waals surface area contributed by atoms with Gasteiger partial charge in [0.05, 0.1) is 18.1 Å². The molecule has 2 N–H and O–H groups in total. The summed E-state index contributed by atoms with van der Waals surface area (Å²) in [6.45, 7) is 1.90.